The molecule has 116 valence electrons. The summed E-state index contributed by atoms with van der Waals surface area (Å²) in [4.78, 5) is 20.0. The van der Waals surface area contributed by atoms with E-state index in [2.05, 4.69) is 25.2 Å². The van der Waals surface area contributed by atoms with Crippen LogP contribution < -0.4 is 5.32 Å². The van der Waals surface area contributed by atoms with Crippen LogP contribution in [0.4, 0.5) is 5.82 Å². The van der Waals surface area contributed by atoms with Gasteiger partial charge in [-0.2, -0.15) is 0 Å². The first-order valence-electron chi connectivity index (χ1n) is 7.49. The first kappa shape index (κ1) is 13.8. The van der Waals surface area contributed by atoms with E-state index in [1.165, 1.54) is 6.33 Å². The van der Waals surface area contributed by atoms with Crippen molar-refractivity contribution in [1.82, 2.24) is 29.2 Å². The molecule has 0 aliphatic rings. The third kappa shape index (κ3) is 2.35. The van der Waals surface area contributed by atoms with Gasteiger partial charge in [0.2, 0.25) is 0 Å². The molecule has 1 N–H and O–H groups in total. The SMILES string of the molecule is CN(C)CCNc1nc2cncnc2n2c1nc1ccccc12. The number of anilines is 1. The Kier molecular flexibility index (Phi) is 3.27. The molecule has 3 heterocycles. The van der Waals surface area contributed by atoms with Crippen molar-refractivity contribution < 1.29 is 0 Å². The van der Waals surface area contributed by atoms with Crippen LogP contribution in [0.2, 0.25) is 0 Å². The minimum absolute atomic E-state index is 0.746. The standard InChI is InChI=1S/C16H17N7/c1-22(2)8-7-18-14-16-21-11-5-3-4-6-13(11)23(16)15-12(20-14)9-17-10-19-15/h3-6,9-10H,7-8H2,1-2H3,(H,18,20). The number of hydrogen-bond acceptors (Lipinski definition) is 6. The predicted molar refractivity (Wildman–Crippen MR) is 90.6 cm³/mol. The Bertz CT molecular complexity index is 990. The largest absolute Gasteiger partial charge is 0.366 e. The molecule has 0 bridgehead atoms. The molecule has 0 atom stereocenters. The maximum absolute atomic E-state index is 4.73. The number of fused-ring (bicyclic) bond motifs is 5. The van der Waals surface area contributed by atoms with Gasteiger partial charge < -0.3 is 10.2 Å². The summed E-state index contributed by atoms with van der Waals surface area (Å²) < 4.78 is 2.04. The van der Waals surface area contributed by atoms with Crippen molar-refractivity contribution in [1.29, 1.82) is 0 Å². The number of rotatable bonds is 4. The van der Waals surface area contributed by atoms with Gasteiger partial charge in [-0.15, -0.1) is 0 Å². The quantitative estimate of drug-likeness (QED) is 0.620. The highest BCUT2D eigenvalue weighted by Crippen LogP contribution is 2.24. The van der Waals surface area contributed by atoms with Crippen molar-refractivity contribution in [2.45, 2.75) is 0 Å². The zero-order valence-corrected chi connectivity index (χ0v) is 13.1. The number of para-hydroxylation sites is 2. The molecule has 23 heavy (non-hydrogen) atoms. The van der Waals surface area contributed by atoms with Gasteiger partial charge in [-0.05, 0) is 26.2 Å². The normalized spacial score (nSPS) is 11.8. The average Bonchev–Trinajstić information content (AvgIpc) is 2.94. The van der Waals surface area contributed by atoms with Crippen LogP contribution in [0.1, 0.15) is 0 Å². The molecule has 7 nitrogen and oxygen atoms in total. The molecule has 3 aromatic heterocycles. The van der Waals surface area contributed by atoms with E-state index in [1.807, 2.05) is 42.8 Å². The van der Waals surface area contributed by atoms with Crippen molar-refractivity contribution in [3.8, 4) is 0 Å². The maximum atomic E-state index is 4.73. The van der Waals surface area contributed by atoms with Crippen molar-refractivity contribution in [3.63, 3.8) is 0 Å². The van der Waals surface area contributed by atoms with Crippen LogP contribution in [0.3, 0.4) is 0 Å². The highest BCUT2D eigenvalue weighted by molar-refractivity contribution is 5.90. The second-order valence-electron chi connectivity index (χ2n) is 5.68. The molecule has 7 heteroatoms. The Morgan fingerprint density at radius 1 is 1.09 bits per heavy atom. The summed E-state index contributed by atoms with van der Waals surface area (Å²) in [6.45, 7) is 1.70. The highest BCUT2D eigenvalue weighted by Gasteiger charge is 2.14. The second kappa shape index (κ2) is 5.44. The van der Waals surface area contributed by atoms with Crippen LogP contribution in [0.25, 0.3) is 27.8 Å². The second-order valence-corrected chi connectivity index (χ2v) is 5.68. The highest BCUT2D eigenvalue weighted by atomic mass is 15.2. The average molecular weight is 307 g/mol. The van der Waals surface area contributed by atoms with Gasteiger partial charge >= 0.3 is 0 Å². The van der Waals surface area contributed by atoms with Gasteiger partial charge in [-0.25, -0.2) is 19.9 Å². The lowest BCUT2D eigenvalue weighted by molar-refractivity contribution is 0.425. The van der Waals surface area contributed by atoms with Gasteiger partial charge in [0.15, 0.2) is 17.1 Å². The Morgan fingerprint density at radius 3 is 2.83 bits per heavy atom. The lowest BCUT2D eigenvalue weighted by atomic mass is 10.3. The summed E-state index contributed by atoms with van der Waals surface area (Å²) >= 11 is 0. The van der Waals surface area contributed by atoms with Gasteiger partial charge in [0.25, 0.3) is 0 Å². The van der Waals surface area contributed by atoms with Crippen LogP contribution in [0, 0.1) is 0 Å². The minimum atomic E-state index is 0.746. The predicted octanol–water partition coefficient (Wildman–Crippen LogP) is 1.80. The van der Waals surface area contributed by atoms with Gasteiger partial charge in [-0.3, -0.25) is 4.40 Å². The van der Waals surface area contributed by atoms with Gasteiger partial charge in [-0.1, -0.05) is 12.1 Å². The number of imidazole rings is 1. The molecule has 0 amide bonds. The molecule has 0 spiro atoms. The third-order valence-electron chi connectivity index (χ3n) is 3.74. The monoisotopic (exact) mass is 307 g/mol. The fourth-order valence-electron chi connectivity index (χ4n) is 2.65. The third-order valence-corrected chi connectivity index (χ3v) is 3.74. The zero-order valence-electron chi connectivity index (χ0n) is 13.1. The molecule has 0 radical (unpaired) electrons. The fourth-order valence-corrected chi connectivity index (χ4v) is 2.65. The van der Waals surface area contributed by atoms with Crippen LogP contribution in [0.5, 0.6) is 0 Å². The fraction of sp³-hybridized carbons (Fsp3) is 0.250. The summed E-state index contributed by atoms with van der Waals surface area (Å²) in [5.74, 6) is 0.755. The molecule has 0 saturated carbocycles. The van der Waals surface area contributed by atoms with E-state index in [0.717, 1.165) is 46.8 Å². The van der Waals surface area contributed by atoms with Crippen molar-refractivity contribution in [2.24, 2.45) is 0 Å². The minimum Gasteiger partial charge on any atom is -0.366 e. The van der Waals surface area contributed by atoms with E-state index in [0.29, 0.717) is 0 Å². The van der Waals surface area contributed by atoms with Crippen molar-refractivity contribution in [2.75, 3.05) is 32.5 Å². The van der Waals surface area contributed by atoms with Gasteiger partial charge in [0.05, 0.1) is 17.2 Å². The molecule has 0 aliphatic carbocycles. The molecular formula is C16H17N7. The number of likely N-dealkylation sites (N-methyl/N-ethyl adjacent to an activating group) is 1. The summed E-state index contributed by atoms with van der Waals surface area (Å²) in [6, 6.07) is 8.03. The number of nitrogens with zero attached hydrogens (tertiary/aromatic N) is 6. The molecule has 0 fully saturated rings. The number of nitrogens with one attached hydrogen (secondary N) is 1. The molecular weight excluding hydrogens is 290 g/mol. The van der Waals surface area contributed by atoms with E-state index in [4.69, 9.17) is 4.98 Å². The lowest BCUT2D eigenvalue weighted by Crippen LogP contribution is -2.21. The number of hydrogen-bond donors (Lipinski definition) is 1. The van der Waals surface area contributed by atoms with Crippen LogP contribution in [0.15, 0.2) is 36.8 Å². The van der Waals surface area contributed by atoms with Crippen LogP contribution in [-0.4, -0.2) is 56.4 Å². The van der Waals surface area contributed by atoms with E-state index < -0.39 is 0 Å². The topological polar surface area (TPSA) is 71.2 Å². The Balaban J connectivity index is 1.97. The number of benzene rings is 1. The number of aromatic nitrogens is 5. The Morgan fingerprint density at radius 2 is 1.96 bits per heavy atom. The zero-order chi connectivity index (χ0) is 15.8. The Hall–Kier alpha value is -2.80. The first-order valence-corrected chi connectivity index (χ1v) is 7.49. The summed E-state index contributed by atoms with van der Waals surface area (Å²) in [6.07, 6.45) is 3.27. The maximum Gasteiger partial charge on any atom is 0.182 e. The lowest BCUT2D eigenvalue weighted by Gasteiger charge is -2.12. The summed E-state index contributed by atoms with van der Waals surface area (Å²) in [7, 11) is 4.09. The summed E-state index contributed by atoms with van der Waals surface area (Å²) in [5.41, 5.74) is 4.24. The van der Waals surface area contributed by atoms with E-state index in [1.54, 1.807) is 6.20 Å². The van der Waals surface area contributed by atoms with Crippen LogP contribution in [-0.2, 0) is 0 Å². The molecule has 0 unspecified atom stereocenters. The van der Waals surface area contributed by atoms with Gasteiger partial charge in [0, 0.05) is 13.1 Å². The van der Waals surface area contributed by atoms with Crippen molar-refractivity contribution >= 4 is 33.7 Å². The molecule has 4 aromatic rings. The molecule has 0 saturated heterocycles. The van der Waals surface area contributed by atoms with Gasteiger partial charge in [0.1, 0.15) is 11.8 Å². The smallest absolute Gasteiger partial charge is 0.182 e. The van der Waals surface area contributed by atoms with E-state index >= 15 is 0 Å². The Labute approximate surface area is 133 Å². The van der Waals surface area contributed by atoms with E-state index in [-0.39, 0.29) is 0 Å². The van der Waals surface area contributed by atoms with Crippen LogP contribution >= 0.6 is 0 Å². The summed E-state index contributed by atoms with van der Waals surface area (Å²) in [5, 5.41) is 3.38. The molecule has 0 aliphatic heterocycles. The molecule has 4 rings (SSSR count). The first-order chi connectivity index (χ1) is 11.2. The van der Waals surface area contributed by atoms with Crippen molar-refractivity contribution in [3.05, 3.63) is 36.8 Å². The van der Waals surface area contributed by atoms with E-state index in [9.17, 15) is 0 Å². The molecule has 1 aromatic carbocycles.